The first-order chi connectivity index (χ1) is 5.63. The van der Waals surface area contributed by atoms with Gasteiger partial charge in [-0.3, -0.25) is 10.0 Å². The number of hydrogen-bond donors (Lipinski definition) is 3. The number of halogens is 1. The van der Waals surface area contributed by atoms with E-state index in [0.29, 0.717) is 15.7 Å². The highest BCUT2D eigenvalue weighted by atomic mass is 79.9. The van der Waals surface area contributed by atoms with Crippen molar-refractivity contribution in [3.05, 3.63) is 28.2 Å². The van der Waals surface area contributed by atoms with Gasteiger partial charge in [0.05, 0.1) is 0 Å². The highest BCUT2D eigenvalue weighted by Crippen LogP contribution is 2.16. The Balaban J connectivity index is 3.08. The maximum Gasteiger partial charge on any atom is 0.274 e. The van der Waals surface area contributed by atoms with Crippen molar-refractivity contribution in [3.63, 3.8) is 0 Å². The summed E-state index contributed by atoms with van der Waals surface area (Å²) in [7, 11) is 0. The van der Waals surface area contributed by atoms with Gasteiger partial charge in [0, 0.05) is 15.7 Å². The Morgan fingerprint density at radius 2 is 2.17 bits per heavy atom. The average Bonchev–Trinajstić information content (AvgIpc) is 2.01. The van der Waals surface area contributed by atoms with E-state index in [2.05, 4.69) is 15.9 Å². The number of nitrogen functional groups attached to an aromatic ring is 1. The quantitative estimate of drug-likeness (QED) is 0.385. The van der Waals surface area contributed by atoms with Crippen molar-refractivity contribution in [2.75, 3.05) is 5.73 Å². The molecule has 4 nitrogen and oxygen atoms in total. The fraction of sp³-hybridized carbons (Fsp3) is 0. The smallest absolute Gasteiger partial charge is 0.274 e. The molecule has 4 N–H and O–H groups in total. The van der Waals surface area contributed by atoms with E-state index in [4.69, 9.17) is 10.9 Å². The highest BCUT2D eigenvalue weighted by Gasteiger charge is 2.04. The number of benzene rings is 1. The molecule has 64 valence electrons. The monoisotopic (exact) mass is 230 g/mol. The maximum atomic E-state index is 10.9. The molecule has 0 aromatic heterocycles. The number of nitrogens with one attached hydrogen (secondary N) is 1. The standard InChI is InChI=1S/C7H7BrN2O2/c8-5-1-4(7(11)10-12)2-6(9)3-5/h1-3,12H,9H2,(H,10,11). The number of carbonyl (C=O) groups is 1. The second kappa shape index (κ2) is 3.55. The molecule has 5 heteroatoms. The van der Waals surface area contributed by atoms with Crippen LogP contribution in [0.2, 0.25) is 0 Å². The minimum absolute atomic E-state index is 0.310. The van der Waals surface area contributed by atoms with Gasteiger partial charge in [0.2, 0.25) is 0 Å². The van der Waals surface area contributed by atoms with Gasteiger partial charge in [-0.1, -0.05) is 15.9 Å². The lowest BCUT2D eigenvalue weighted by Crippen LogP contribution is -2.18. The molecule has 0 bridgehead atoms. The van der Waals surface area contributed by atoms with Crippen LogP contribution in [-0.2, 0) is 0 Å². The molecule has 1 aromatic rings. The molecule has 0 heterocycles. The summed E-state index contributed by atoms with van der Waals surface area (Å²) in [5.74, 6) is -0.581. The third-order valence-electron chi connectivity index (χ3n) is 1.28. The molecule has 12 heavy (non-hydrogen) atoms. The Morgan fingerprint density at radius 3 is 2.67 bits per heavy atom. The first-order valence-electron chi connectivity index (χ1n) is 3.14. The van der Waals surface area contributed by atoms with E-state index in [0.717, 1.165) is 0 Å². The fourth-order valence-electron chi connectivity index (χ4n) is 0.808. The normalized spacial score (nSPS) is 9.50. The lowest BCUT2D eigenvalue weighted by molar-refractivity contribution is 0.0706. The Morgan fingerprint density at radius 1 is 1.50 bits per heavy atom. The highest BCUT2D eigenvalue weighted by molar-refractivity contribution is 9.10. The summed E-state index contributed by atoms with van der Waals surface area (Å²) >= 11 is 3.17. The molecule has 0 atom stereocenters. The van der Waals surface area contributed by atoms with E-state index < -0.39 is 5.91 Å². The predicted molar refractivity (Wildman–Crippen MR) is 47.8 cm³/mol. The number of rotatable bonds is 1. The van der Waals surface area contributed by atoms with Crippen molar-refractivity contribution in [1.29, 1.82) is 0 Å². The molecule has 0 saturated carbocycles. The third kappa shape index (κ3) is 1.96. The third-order valence-corrected chi connectivity index (χ3v) is 1.74. The summed E-state index contributed by atoms with van der Waals surface area (Å²) in [4.78, 5) is 10.9. The molecule has 0 fully saturated rings. The molecule has 0 aliphatic rings. The molecule has 1 aromatic carbocycles. The zero-order valence-electron chi connectivity index (χ0n) is 6.04. The molecule has 0 saturated heterocycles. The number of anilines is 1. The topological polar surface area (TPSA) is 75.4 Å². The van der Waals surface area contributed by atoms with Gasteiger partial charge in [0.15, 0.2) is 0 Å². The van der Waals surface area contributed by atoms with Crippen molar-refractivity contribution in [2.45, 2.75) is 0 Å². The summed E-state index contributed by atoms with van der Waals surface area (Å²) in [6.07, 6.45) is 0. The van der Waals surface area contributed by atoms with Gasteiger partial charge in [-0.15, -0.1) is 0 Å². The molecule has 0 radical (unpaired) electrons. The van der Waals surface area contributed by atoms with Gasteiger partial charge < -0.3 is 5.73 Å². The summed E-state index contributed by atoms with van der Waals surface area (Å²) in [6, 6.07) is 4.69. The van der Waals surface area contributed by atoms with Crippen molar-refractivity contribution >= 4 is 27.5 Å². The van der Waals surface area contributed by atoms with E-state index in [1.807, 2.05) is 0 Å². The zero-order chi connectivity index (χ0) is 9.14. The van der Waals surface area contributed by atoms with Crippen LogP contribution in [-0.4, -0.2) is 11.1 Å². The molecule has 0 aliphatic heterocycles. The van der Waals surface area contributed by atoms with Crippen molar-refractivity contribution in [2.24, 2.45) is 0 Å². The second-order valence-electron chi connectivity index (χ2n) is 2.21. The summed E-state index contributed by atoms with van der Waals surface area (Å²) < 4.78 is 0.695. The van der Waals surface area contributed by atoms with Crippen LogP contribution in [0.4, 0.5) is 5.69 Å². The van der Waals surface area contributed by atoms with Crippen LogP contribution in [0.1, 0.15) is 10.4 Å². The van der Waals surface area contributed by atoms with E-state index >= 15 is 0 Å². The predicted octanol–water partition coefficient (Wildman–Crippen LogP) is 1.15. The summed E-state index contributed by atoms with van der Waals surface area (Å²) in [6.45, 7) is 0. The van der Waals surface area contributed by atoms with Crippen LogP contribution >= 0.6 is 15.9 Å². The molecule has 0 unspecified atom stereocenters. The van der Waals surface area contributed by atoms with Crippen LogP contribution in [0.15, 0.2) is 22.7 Å². The van der Waals surface area contributed by atoms with Crippen LogP contribution in [0.3, 0.4) is 0 Å². The van der Waals surface area contributed by atoms with E-state index in [-0.39, 0.29) is 0 Å². The summed E-state index contributed by atoms with van der Waals surface area (Å²) in [5, 5.41) is 8.31. The van der Waals surface area contributed by atoms with Crippen LogP contribution < -0.4 is 11.2 Å². The number of nitrogens with two attached hydrogens (primary N) is 1. The number of hydrogen-bond acceptors (Lipinski definition) is 3. The Bertz CT molecular complexity index is 294. The minimum Gasteiger partial charge on any atom is -0.399 e. The molecule has 1 amide bonds. The first kappa shape index (κ1) is 9.02. The zero-order valence-corrected chi connectivity index (χ0v) is 7.63. The Hall–Kier alpha value is -1.07. The van der Waals surface area contributed by atoms with E-state index in [1.165, 1.54) is 11.5 Å². The molecular formula is C7H7BrN2O2. The average molecular weight is 231 g/mol. The second-order valence-corrected chi connectivity index (χ2v) is 3.13. The van der Waals surface area contributed by atoms with E-state index in [1.54, 1.807) is 12.1 Å². The number of carbonyl (C=O) groups excluding carboxylic acids is 1. The molecule has 1 rings (SSSR count). The maximum absolute atomic E-state index is 10.9. The van der Waals surface area contributed by atoms with Gasteiger partial charge in [-0.2, -0.15) is 0 Å². The SMILES string of the molecule is Nc1cc(Br)cc(C(=O)NO)c1. The van der Waals surface area contributed by atoms with Gasteiger partial charge in [0.25, 0.3) is 5.91 Å². The molecule has 0 aliphatic carbocycles. The van der Waals surface area contributed by atoms with Crippen LogP contribution in [0, 0.1) is 0 Å². The first-order valence-corrected chi connectivity index (χ1v) is 3.93. The Labute approximate surface area is 77.5 Å². The lowest BCUT2D eigenvalue weighted by atomic mass is 10.2. The molecular weight excluding hydrogens is 224 g/mol. The van der Waals surface area contributed by atoms with E-state index in [9.17, 15) is 4.79 Å². The largest absolute Gasteiger partial charge is 0.399 e. The van der Waals surface area contributed by atoms with Gasteiger partial charge in [0.1, 0.15) is 0 Å². The minimum atomic E-state index is -0.581. The van der Waals surface area contributed by atoms with Gasteiger partial charge >= 0.3 is 0 Å². The van der Waals surface area contributed by atoms with Crippen LogP contribution in [0.25, 0.3) is 0 Å². The van der Waals surface area contributed by atoms with Gasteiger partial charge in [-0.05, 0) is 18.2 Å². The van der Waals surface area contributed by atoms with Crippen molar-refractivity contribution < 1.29 is 10.0 Å². The molecule has 0 spiro atoms. The summed E-state index contributed by atoms with van der Waals surface area (Å²) in [5.41, 5.74) is 7.75. The number of amides is 1. The Kier molecular flexibility index (Phi) is 2.67. The van der Waals surface area contributed by atoms with Gasteiger partial charge in [-0.25, -0.2) is 5.48 Å². The van der Waals surface area contributed by atoms with Crippen molar-refractivity contribution in [1.82, 2.24) is 5.48 Å². The van der Waals surface area contributed by atoms with Crippen LogP contribution in [0.5, 0.6) is 0 Å². The number of hydroxylamine groups is 1. The lowest BCUT2D eigenvalue weighted by Gasteiger charge is -2.00. The fourth-order valence-corrected chi connectivity index (χ4v) is 1.32. The van der Waals surface area contributed by atoms with Crippen molar-refractivity contribution in [3.8, 4) is 0 Å².